The average Bonchev–Trinajstić information content (AvgIpc) is 2.30. The molecule has 0 radical (unpaired) electrons. The van der Waals surface area contributed by atoms with Crippen LogP contribution in [-0.2, 0) is 0 Å². The fourth-order valence-corrected chi connectivity index (χ4v) is 3.04. The van der Waals surface area contributed by atoms with Gasteiger partial charge in [0.05, 0.1) is 0 Å². The summed E-state index contributed by atoms with van der Waals surface area (Å²) in [6.45, 7) is 3.25. The van der Waals surface area contributed by atoms with Crippen LogP contribution < -0.4 is 5.32 Å². The molecule has 0 spiro atoms. The molecule has 2 atom stereocenters. The molecule has 1 N–H and O–H groups in total. The minimum Gasteiger partial charge on any atom is -0.314 e. The van der Waals surface area contributed by atoms with Crippen LogP contribution in [0.3, 0.4) is 0 Å². The lowest BCUT2D eigenvalue weighted by Gasteiger charge is -2.30. The fraction of sp³-hybridized carbons (Fsp3) is 0.571. The van der Waals surface area contributed by atoms with Gasteiger partial charge in [0, 0.05) is 11.1 Å². The second kappa shape index (κ2) is 5.70. The lowest BCUT2D eigenvalue weighted by molar-refractivity contribution is 0.344. The Labute approximate surface area is 103 Å². The molecule has 0 aliphatic heterocycles. The second-order valence-electron chi connectivity index (χ2n) is 4.64. The van der Waals surface area contributed by atoms with Crippen molar-refractivity contribution in [3.8, 4) is 0 Å². The number of hydrogen-bond acceptors (Lipinski definition) is 1. The first-order valence-electron chi connectivity index (χ1n) is 6.29. The van der Waals surface area contributed by atoms with Crippen LogP contribution in [0.4, 0.5) is 0 Å². The highest BCUT2D eigenvalue weighted by Gasteiger charge is 2.23. The first-order chi connectivity index (χ1) is 7.81. The minimum atomic E-state index is 0.645. The summed E-state index contributed by atoms with van der Waals surface area (Å²) in [5.74, 6) is 0.645. The molecule has 88 valence electrons. The van der Waals surface area contributed by atoms with Gasteiger partial charge in [0.15, 0.2) is 0 Å². The van der Waals surface area contributed by atoms with E-state index in [9.17, 15) is 0 Å². The molecule has 0 bridgehead atoms. The van der Waals surface area contributed by atoms with Crippen molar-refractivity contribution in [1.82, 2.24) is 5.32 Å². The molecule has 1 saturated carbocycles. The SMILES string of the molecule is CCNC1CCCC(c2ccccc2Cl)C1. The maximum Gasteiger partial charge on any atom is 0.0440 e. The second-order valence-corrected chi connectivity index (χ2v) is 5.05. The van der Waals surface area contributed by atoms with Crippen LogP contribution >= 0.6 is 11.6 Å². The summed E-state index contributed by atoms with van der Waals surface area (Å²) in [6, 6.07) is 8.98. The number of hydrogen-bond donors (Lipinski definition) is 1. The molecular weight excluding hydrogens is 218 g/mol. The summed E-state index contributed by atoms with van der Waals surface area (Å²) in [4.78, 5) is 0. The summed E-state index contributed by atoms with van der Waals surface area (Å²) in [5.41, 5.74) is 1.34. The van der Waals surface area contributed by atoms with E-state index in [0.717, 1.165) is 11.6 Å². The number of rotatable bonds is 3. The van der Waals surface area contributed by atoms with Gasteiger partial charge in [0.2, 0.25) is 0 Å². The van der Waals surface area contributed by atoms with Crippen LogP contribution in [0.15, 0.2) is 24.3 Å². The first kappa shape index (κ1) is 11.9. The summed E-state index contributed by atoms with van der Waals surface area (Å²) >= 11 is 6.26. The lowest BCUT2D eigenvalue weighted by Crippen LogP contribution is -2.33. The molecule has 2 heteroatoms. The summed E-state index contributed by atoms with van der Waals surface area (Å²) in [5, 5.41) is 4.50. The molecule has 2 unspecified atom stereocenters. The predicted octanol–water partition coefficient (Wildman–Crippen LogP) is 3.98. The van der Waals surface area contributed by atoms with Crippen LogP contribution in [0.2, 0.25) is 5.02 Å². The Kier molecular flexibility index (Phi) is 4.25. The van der Waals surface area contributed by atoms with Crippen molar-refractivity contribution in [2.24, 2.45) is 0 Å². The Balaban J connectivity index is 2.07. The van der Waals surface area contributed by atoms with Gasteiger partial charge >= 0.3 is 0 Å². The molecule has 1 aromatic carbocycles. The molecule has 0 aromatic heterocycles. The first-order valence-corrected chi connectivity index (χ1v) is 6.67. The molecule has 1 nitrogen and oxygen atoms in total. The van der Waals surface area contributed by atoms with Crippen LogP contribution in [0.1, 0.15) is 44.1 Å². The van der Waals surface area contributed by atoms with E-state index >= 15 is 0 Å². The largest absolute Gasteiger partial charge is 0.314 e. The Morgan fingerprint density at radius 1 is 1.31 bits per heavy atom. The quantitative estimate of drug-likeness (QED) is 0.839. The maximum atomic E-state index is 6.26. The Morgan fingerprint density at radius 2 is 2.12 bits per heavy atom. The van der Waals surface area contributed by atoms with Gasteiger partial charge < -0.3 is 5.32 Å². The van der Waals surface area contributed by atoms with Crippen molar-refractivity contribution in [1.29, 1.82) is 0 Å². The molecule has 0 heterocycles. The van der Waals surface area contributed by atoms with Gasteiger partial charge in [-0.2, -0.15) is 0 Å². The maximum absolute atomic E-state index is 6.26. The van der Waals surface area contributed by atoms with E-state index < -0.39 is 0 Å². The van der Waals surface area contributed by atoms with Crippen LogP contribution in [0.25, 0.3) is 0 Å². The number of benzene rings is 1. The summed E-state index contributed by atoms with van der Waals surface area (Å²) in [7, 11) is 0. The molecular formula is C14H20ClN. The molecule has 16 heavy (non-hydrogen) atoms. The van der Waals surface area contributed by atoms with Crippen molar-refractivity contribution >= 4 is 11.6 Å². The van der Waals surface area contributed by atoms with Gasteiger partial charge in [-0.25, -0.2) is 0 Å². The highest BCUT2D eigenvalue weighted by Crippen LogP contribution is 2.36. The average molecular weight is 238 g/mol. The zero-order valence-corrected chi connectivity index (χ0v) is 10.6. The van der Waals surface area contributed by atoms with Gasteiger partial charge in [-0.15, -0.1) is 0 Å². The molecule has 1 aromatic rings. The molecule has 2 rings (SSSR count). The highest BCUT2D eigenvalue weighted by molar-refractivity contribution is 6.31. The van der Waals surface area contributed by atoms with Crippen molar-refractivity contribution in [2.45, 2.75) is 44.6 Å². The lowest BCUT2D eigenvalue weighted by atomic mass is 9.81. The van der Waals surface area contributed by atoms with Crippen molar-refractivity contribution in [2.75, 3.05) is 6.54 Å². The van der Waals surface area contributed by atoms with Gasteiger partial charge in [0.1, 0.15) is 0 Å². The van der Waals surface area contributed by atoms with Gasteiger partial charge in [0.25, 0.3) is 0 Å². The van der Waals surface area contributed by atoms with E-state index in [0.29, 0.717) is 12.0 Å². The van der Waals surface area contributed by atoms with Gasteiger partial charge in [-0.05, 0) is 43.4 Å². The third-order valence-corrected chi connectivity index (χ3v) is 3.86. The van der Waals surface area contributed by atoms with Crippen molar-refractivity contribution in [3.05, 3.63) is 34.9 Å². The van der Waals surface area contributed by atoms with Gasteiger partial charge in [-0.3, -0.25) is 0 Å². The van der Waals surface area contributed by atoms with Crippen LogP contribution in [-0.4, -0.2) is 12.6 Å². The molecule has 0 amide bonds. The highest BCUT2D eigenvalue weighted by atomic mass is 35.5. The normalized spacial score (nSPS) is 25.6. The summed E-state index contributed by atoms with van der Waals surface area (Å²) in [6.07, 6.45) is 5.14. The topological polar surface area (TPSA) is 12.0 Å². The Hall–Kier alpha value is -0.530. The van der Waals surface area contributed by atoms with Crippen LogP contribution in [0, 0.1) is 0 Å². The van der Waals surface area contributed by atoms with E-state index in [1.807, 2.05) is 12.1 Å². The van der Waals surface area contributed by atoms with E-state index in [4.69, 9.17) is 11.6 Å². The number of nitrogens with one attached hydrogen (secondary N) is 1. The monoisotopic (exact) mass is 237 g/mol. The zero-order valence-electron chi connectivity index (χ0n) is 9.88. The van der Waals surface area contributed by atoms with E-state index in [1.54, 1.807) is 0 Å². The third kappa shape index (κ3) is 2.78. The van der Waals surface area contributed by atoms with Crippen molar-refractivity contribution < 1.29 is 0 Å². The fourth-order valence-electron chi connectivity index (χ4n) is 2.75. The number of halogens is 1. The molecule has 0 saturated heterocycles. The van der Waals surface area contributed by atoms with Crippen molar-refractivity contribution in [3.63, 3.8) is 0 Å². The smallest absolute Gasteiger partial charge is 0.0440 e. The molecule has 1 aliphatic carbocycles. The molecule has 1 aliphatic rings. The Bertz CT molecular complexity index is 335. The van der Waals surface area contributed by atoms with Crippen LogP contribution in [0.5, 0.6) is 0 Å². The zero-order chi connectivity index (χ0) is 11.4. The van der Waals surface area contributed by atoms with E-state index in [2.05, 4.69) is 24.4 Å². The Morgan fingerprint density at radius 3 is 2.88 bits per heavy atom. The standard InChI is InChI=1S/C14H20ClN/c1-2-16-12-7-5-6-11(10-12)13-8-3-4-9-14(13)15/h3-4,8-9,11-12,16H,2,5-7,10H2,1H3. The minimum absolute atomic E-state index is 0.645. The summed E-state index contributed by atoms with van der Waals surface area (Å²) < 4.78 is 0. The molecule has 1 fully saturated rings. The van der Waals surface area contributed by atoms with E-state index in [1.165, 1.54) is 31.2 Å². The van der Waals surface area contributed by atoms with E-state index in [-0.39, 0.29) is 0 Å². The third-order valence-electron chi connectivity index (χ3n) is 3.51. The predicted molar refractivity (Wildman–Crippen MR) is 70.1 cm³/mol. The van der Waals surface area contributed by atoms with Gasteiger partial charge in [-0.1, -0.05) is 43.1 Å².